The third-order valence-corrected chi connectivity index (χ3v) is 4.95. The summed E-state index contributed by atoms with van der Waals surface area (Å²) in [6.07, 6.45) is 0.449. The van der Waals surface area contributed by atoms with E-state index in [4.69, 9.17) is 9.47 Å². The molecule has 29 heavy (non-hydrogen) atoms. The van der Waals surface area contributed by atoms with E-state index in [0.717, 1.165) is 11.2 Å². The molecule has 0 N–H and O–H groups in total. The normalized spacial score (nSPS) is 18.3. The first-order valence-electron chi connectivity index (χ1n) is 9.50. The number of aldehydes is 1. The molecule has 0 saturated heterocycles. The Morgan fingerprint density at radius 1 is 1.14 bits per heavy atom. The highest BCUT2D eigenvalue weighted by atomic mass is 16.6. The van der Waals surface area contributed by atoms with E-state index in [0.29, 0.717) is 22.6 Å². The van der Waals surface area contributed by atoms with Gasteiger partial charge in [-0.05, 0) is 51.0 Å². The van der Waals surface area contributed by atoms with Gasteiger partial charge in [-0.1, -0.05) is 30.3 Å². The molecule has 1 heterocycles. The number of hydrogen-bond donors (Lipinski definition) is 0. The topological polar surface area (TPSA) is 72.9 Å². The van der Waals surface area contributed by atoms with E-state index in [1.165, 1.54) is 0 Å². The maximum atomic E-state index is 13.8. The second-order valence-corrected chi connectivity index (χ2v) is 7.98. The van der Waals surface area contributed by atoms with Gasteiger partial charge < -0.3 is 14.3 Å². The van der Waals surface area contributed by atoms with Gasteiger partial charge in [0.05, 0.1) is 12.8 Å². The molecule has 0 radical (unpaired) electrons. The average Bonchev–Trinajstić information content (AvgIpc) is 2.93. The van der Waals surface area contributed by atoms with Crippen LogP contribution < -0.4 is 9.64 Å². The van der Waals surface area contributed by atoms with Gasteiger partial charge in [0.1, 0.15) is 23.1 Å². The highest BCUT2D eigenvalue weighted by Gasteiger charge is 2.54. The van der Waals surface area contributed by atoms with Crippen LogP contribution in [-0.4, -0.2) is 31.0 Å². The van der Waals surface area contributed by atoms with E-state index >= 15 is 0 Å². The molecule has 1 aliphatic heterocycles. The summed E-state index contributed by atoms with van der Waals surface area (Å²) in [5.41, 5.74) is -0.152. The minimum absolute atomic E-state index is 0.166. The van der Waals surface area contributed by atoms with E-state index in [1.807, 2.05) is 30.3 Å². The minimum Gasteiger partial charge on any atom is -0.497 e. The van der Waals surface area contributed by atoms with Crippen LogP contribution in [0.4, 0.5) is 10.5 Å². The quantitative estimate of drug-likeness (QED) is 0.708. The Balaban J connectivity index is 2.25. The number of amides is 2. The predicted molar refractivity (Wildman–Crippen MR) is 109 cm³/mol. The molecule has 1 aliphatic rings. The number of carbonyl (C=O) groups is 3. The summed E-state index contributed by atoms with van der Waals surface area (Å²) in [6, 6.07) is 14.3. The summed E-state index contributed by atoms with van der Waals surface area (Å²) in [4.78, 5) is 39.1. The van der Waals surface area contributed by atoms with Gasteiger partial charge in [0, 0.05) is 12.0 Å². The number of nitrogens with zero attached hydrogens (tertiary/aromatic N) is 1. The van der Waals surface area contributed by atoms with Gasteiger partial charge in [-0.25, -0.2) is 9.69 Å². The summed E-state index contributed by atoms with van der Waals surface area (Å²) in [5.74, 6) is 0.136. The van der Waals surface area contributed by atoms with Crippen LogP contribution in [0.1, 0.15) is 44.7 Å². The zero-order chi connectivity index (χ0) is 21.2. The van der Waals surface area contributed by atoms with Crippen LogP contribution in [-0.2, 0) is 19.7 Å². The molecule has 3 rings (SSSR count). The summed E-state index contributed by atoms with van der Waals surface area (Å²) >= 11 is 0. The molecule has 2 amide bonds. The molecular formula is C23H25NO5. The summed E-state index contributed by atoms with van der Waals surface area (Å²) in [7, 11) is 1.54. The smallest absolute Gasteiger partial charge is 0.421 e. The zero-order valence-corrected chi connectivity index (χ0v) is 17.1. The molecule has 6 heteroatoms. The second-order valence-electron chi connectivity index (χ2n) is 7.98. The van der Waals surface area contributed by atoms with Gasteiger partial charge in [0.25, 0.3) is 5.91 Å². The van der Waals surface area contributed by atoms with Gasteiger partial charge in [-0.3, -0.25) is 4.79 Å². The second kappa shape index (κ2) is 7.70. The molecule has 6 nitrogen and oxygen atoms in total. The van der Waals surface area contributed by atoms with Crippen LogP contribution in [0.2, 0.25) is 0 Å². The van der Waals surface area contributed by atoms with Crippen molar-refractivity contribution in [1.82, 2.24) is 0 Å². The summed E-state index contributed by atoms with van der Waals surface area (Å²) in [5, 5.41) is 0. The fraction of sp³-hybridized carbons (Fsp3) is 0.348. The van der Waals surface area contributed by atoms with Crippen molar-refractivity contribution in [2.24, 2.45) is 0 Å². The molecule has 1 atom stereocenters. The molecule has 2 aromatic carbocycles. The first-order valence-corrected chi connectivity index (χ1v) is 9.50. The first-order chi connectivity index (χ1) is 13.7. The highest BCUT2D eigenvalue weighted by Crippen LogP contribution is 2.50. The number of hydrogen-bond acceptors (Lipinski definition) is 5. The van der Waals surface area contributed by atoms with Gasteiger partial charge in [-0.2, -0.15) is 0 Å². The van der Waals surface area contributed by atoms with Crippen LogP contribution in [0.25, 0.3) is 0 Å². The molecule has 2 aromatic rings. The molecule has 0 aliphatic carbocycles. The van der Waals surface area contributed by atoms with Crippen molar-refractivity contribution in [1.29, 1.82) is 0 Å². The van der Waals surface area contributed by atoms with Gasteiger partial charge in [0.15, 0.2) is 0 Å². The minimum atomic E-state index is -1.18. The Labute approximate surface area is 170 Å². The van der Waals surface area contributed by atoms with E-state index < -0.39 is 23.0 Å². The Hall–Kier alpha value is -3.15. The maximum Gasteiger partial charge on any atom is 0.421 e. The molecule has 0 fully saturated rings. The molecule has 0 saturated carbocycles. The van der Waals surface area contributed by atoms with Gasteiger partial charge in [-0.15, -0.1) is 0 Å². The third kappa shape index (κ3) is 3.62. The number of ether oxygens (including phenoxy) is 2. The van der Waals surface area contributed by atoms with E-state index in [1.54, 1.807) is 46.1 Å². The van der Waals surface area contributed by atoms with Crippen LogP contribution in [0.15, 0.2) is 48.5 Å². The number of anilines is 1. The maximum absolute atomic E-state index is 13.8. The van der Waals surface area contributed by atoms with Crippen molar-refractivity contribution >= 4 is 24.0 Å². The molecule has 0 bridgehead atoms. The first kappa shape index (κ1) is 20.6. The number of rotatable bonds is 5. The van der Waals surface area contributed by atoms with Crippen molar-refractivity contribution in [2.45, 2.75) is 44.6 Å². The number of carbonyl (C=O) groups excluding carboxylic acids is 3. The number of imide groups is 1. The number of benzene rings is 2. The van der Waals surface area contributed by atoms with Crippen LogP contribution in [0, 0.1) is 0 Å². The lowest BCUT2D eigenvalue weighted by Crippen LogP contribution is -2.46. The van der Waals surface area contributed by atoms with Gasteiger partial charge in [0.2, 0.25) is 0 Å². The third-order valence-electron chi connectivity index (χ3n) is 4.95. The molecule has 0 unspecified atom stereocenters. The number of fused-ring (bicyclic) bond motifs is 1. The Morgan fingerprint density at radius 2 is 1.83 bits per heavy atom. The Kier molecular flexibility index (Phi) is 5.46. The van der Waals surface area contributed by atoms with Crippen molar-refractivity contribution in [3.05, 3.63) is 59.7 Å². The summed E-state index contributed by atoms with van der Waals surface area (Å²) < 4.78 is 10.9. The van der Waals surface area contributed by atoms with Crippen LogP contribution >= 0.6 is 0 Å². The standard InChI is InChI=1S/C23H25NO5/c1-22(2,3)29-21(27)24-19-12-11-17(28-4)15-18(19)23(20(24)26,13-8-14-25)16-9-6-5-7-10-16/h5-7,9-12,14-15H,8,13H2,1-4H3/t23-/m0/s1. The lowest BCUT2D eigenvalue weighted by Gasteiger charge is -2.29. The highest BCUT2D eigenvalue weighted by molar-refractivity contribution is 6.22. The number of methoxy groups -OCH3 is 1. The predicted octanol–water partition coefficient (Wildman–Crippen LogP) is 4.24. The fourth-order valence-corrected chi connectivity index (χ4v) is 3.75. The molecule has 0 aromatic heterocycles. The molecule has 0 spiro atoms. The van der Waals surface area contributed by atoms with E-state index in [2.05, 4.69) is 0 Å². The Morgan fingerprint density at radius 3 is 2.41 bits per heavy atom. The van der Waals surface area contributed by atoms with Crippen LogP contribution in [0.3, 0.4) is 0 Å². The van der Waals surface area contributed by atoms with E-state index in [9.17, 15) is 14.4 Å². The summed E-state index contributed by atoms with van der Waals surface area (Å²) in [6.45, 7) is 5.24. The largest absolute Gasteiger partial charge is 0.497 e. The monoisotopic (exact) mass is 395 g/mol. The lowest BCUT2D eigenvalue weighted by molar-refractivity contribution is -0.122. The fourth-order valence-electron chi connectivity index (χ4n) is 3.75. The van der Waals surface area contributed by atoms with Crippen LogP contribution in [0.5, 0.6) is 5.75 Å². The zero-order valence-electron chi connectivity index (χ0n) is 17.1. The van der Waals surface area contributed by atoms with Crippen molar-refractivity contribution in [3.8, 4) is 5.75 Å². The molecule has 152 valence electrons. The van der Waals surface area contributed by atoms with E-state index in [-0.39, 0.29) is 12.8 Å². The SMILES string of the molecule is COc1ccc2c(c1)[C@](CCC=O)(c1ccccc1)C(=O)N2C(=O)OC(C)(C)C. The van der Waals surface area contributed by atoms with Crippen molar-refractivity contribution in [3.63, 3.8) is 0 Å². The Bertz CT molecular complexity index is 932. The lowest BCUT2D eigenvalue weighted by atomic mass is 9.72. The van der Waals surface area contributed by atoms with Crippen molar-refractivity contribution in [2.75, 3.05) is 12.0 Å². The van der Waals surface area contributed by atoms with Gasteiger partial charge >= 0.3 is 6.09 Å². The van der Waals surface area contributed by atoms with Crippen molar-refractivity contribution < 1.29 is 23.9 Å². The molecular weight excluding hydrogens is 370 g/mol. The average molecular weight is 395 g/mol.